The van der Waals surface area contributed by atoms with E-state index in [0.717, 1.165) is 38.8 Å². The quantitative estimate of drug-likeness (QED) is 0.648. The average Bonchev–Trinajstić information content (AvgIpc) is 2.37. The minimum atomic E-state index is -0.163. The Labute approximate surface area is 104 Å². The lowest BCUT2D eigenvalue weighted by Gasteiger charge is -2.35. The molecule has 0 aromatic carbocycles. The van der Waals surface area contributed by atoms with E-state index in [9.17, 15) is 4.79 Å². The second kappa shape index (κ2) is 6.97. The molecule has 0 aromatic rings. The molecule has 0 bridgehead atoms. The van der Waals surface area contributed by atoms with E-state index in [-0.39, 0.29) is 17.9 Å². The first kappa shape index (κ1) is 14.5. The van der Waals surface area contributed by atoms with Crippen LogP contribution in [0.15, 0.2) is 0 Å². The molecule has 1 atom stereocenters. The summed E-state index contributed by atoms with van der Waals surface area (Å²) < 4.78 is 0. The standard InChI is InChI=1S/C13H26N2O2/c1-3-13(5-7-14-8-6-13)12(17)15-10-11(2)4-9-16/h11,14,16H,3-10H2,1-2H3,(H,15,17). The molecule has 0 aromatic heterocycles. The Kier molecular flexibility index (Phi) is 5.92. The van der Waals surface area contributed by atoms with Crippen LogP contribution in [0.2, 0.25) is 0 Å². The van der Waals surface area contributed by atoms with Crippen molar-refractivity contribution in [2.75, 3.05) is 26.2 Å². The van der Waals surface area contributed by atoms with Crippen molar-refractivity contribution >= 4 is 5.91 Å². The second-order valence-electron chi connectivity index (χ2n) is 5.21. The molecular weight excluding hydrogens is 216 g/mol. The van der Waals surface area contributed by atoms with E-state index in [1.165, 1.54) is 0 Å². The van der Waals surface area contributed by atoms with Crippen LogP contribution in [0.1, 0.15) is 39.5 Å². The van der Waals surface area contributed by atoms with E-state index in [4.69, 9.17) is 5.11 Å². The maximum atomic E-state index is 12.3. The first-order valence-electron chi connectivity index (χ1n) is 6.74. The van der Waals surface area contributed by atoms with Gasteiger partial charge in [-0.15, -0.1) is 0 Å². The highest BCUT2D eigenvalue weighted by molar-refractivity contribution is 5.82. The number of rotatable bonds is 6. The minimum absolute atomic E-state index is 0.163. The normalized spacial score (nSPS) is 20.9. The summed E-state index contributed by atoms with van der Waals surface area (Å²) in [5.74, 6) is 0.547. The fourth-order valence-electron chi connectivity index (χ4n) is 2.42. The van der Waals surface area contributed by atoms with Crippen LogP contribution < -0.4 is 10.6 Å². The van der Waals surface area contributed by atoms with Gasteiger partial charge in [0, 0.05) is 13.2 Å². The zero-order chi connectivity index (χ0) is 12.7. The van der Waals surface area contributed by atoms with Gasteiger partial charge < -0.3 is 15.7 Å². The molecule has 100 valence electrons. The summed E-state index contributed by atoms with van der Waals surface area (Å²) in [5.41, 5.74) is -0.163. The van der Waals surface area contributed by atoms with Crippen molar-refractivity contribution in [2.45, 2.75) is 39.5 Å². The van der Waals surface area contributed by atoms with E-state index < -0.39 is 0 Å². The van der Waals surface area contributed by atoms with Gasteiger partial charge in [0.25, 0.3) is 0 Å². The van der Waals surface area contributed by atoms with Crippen molar-refractivity contribution in [3.8, 4) is 0 Å². The average molecular weight is 242 g/mol. The van der Waals surface area contributed by atoms with Crippen molar-refractivity contribution in [3.63, 3.8) is 0 Å². The highest BCUT2D eigenvalue weighted by Crippen LogP contribution is 2.32. The largest absolute Gasteiger partial charge is 0.396 e. The van der Waals surface area contributed by atoms with Gasteiger partial charge in [0.05, 0.1) is 5.41 Å². The number of hydrogen-bond acceptors (Lipinski definition) is 3. The molecule has 17 heavy (non-hydrogen) atoms. The molecule has 4 heteroatoms. The maximum absolute atomic E-state index is 12.3. The molecule has 3 N–H and O–H groups in total. The zero-order valence-corrected chi connectivity index (χ0v) is 11.1. The minimum Gasteiger partial charge on any atom is -0.396 e. The summed E-state index contributed by atoms with van der Waals surface area (Å²) >= 11 is 0. The number of carbonyl (C=O) groups is 1. The summed E-state index contributed by atoms with van der Waals surface area (Å²) in [6, 6.07) is 0. The van der Waals surface area contributed by atoms with Crippen LogP contribution in [0.5, 0.6) is 0 Å². The molecule has 1 unspecified atom stereocenters. The molecule has 4 nitrogen and oxygen atoms in total. The Morgan fingerprint density at radius 1 is 1.47 bits per heavy atom. The van der Waals surface area contributed by atoms with Crippen LogP contribution in [-0.2, 0) is 4.79 Å². The van der Waals surface area contributed by atoms with E-state index in [2.05, 4.69) is 24.5 Å². The highest BCUT2D eigenvalue weighted by Gasteiger charge is 2.37. The summed E-state index contributed by atoms with van der Waals surface area (Å²) in [7, 11) is 0. The number of piperidine rings is 1. The molecule has 1 aliphatic rings. The molecule has 0 saturated carbocycles. The Balaban J connectivity index is 2.43. The molecule has 1 fully saturated rings. The Morgan fingerprint density at radius 3 is 2.65 bits per heavy atom. The lowest BCUT2D eigenvalue weighted by atomic mass is 9.76. The smallest absolute Gasteiger partial charge is 0.226 e. The zero-order valence-electron chi connectivity index (χ0n) is 11.1. The number of aliphatic hydroxyl groups is 1. The van der Waals surface area contributed by atoms with Gasteiger partial charge in [0.1, 0.15) is 0 Å². The van der Waals surface area contributed by atoms with Gasteiger partial charge in [-0.3, -0.25) is 4.79 Å². The summed E-state index contributed by atoms with van der Waals surface area (Å²) in [6.07, 6.45) is 3.53. The van der Waals surface area contributed by atoms with Crippen molar-refractivity contribution in [1.29, 1.82) is 0 Å². The van der Waals surface area contributed by atoms with Crippen LogP contribution in [0.25, 0.3) is 0 Å². The van der Waals surface area contributed by atoms with Crippen molar-refractivity contribution in [2.24, 2.45) is 11.3 Å². The van der Waals surface area contributed by atoms with Crippen molar-refractivity contribution in [3.05, 3.63) is 0 Å². The predicted molar refractivity (Wildman–Crippen MR) is 68.7 cm³/mol. The SMILES string of the molecule is CCC1(C(=O)NCC(C)CCO)CCNCC1. The number of nitrogens with one attached hydrogen (secondary N) is 2. The lowest BCUT2D eigenvalue weighted by Crippen LogP contribution is -2.48. The third-order valence-corrected chi connectivity index (χ3v) is 3.95. The second-order valence-corrected chi connectivity index (χ2v) is 5.21. The molecule has 1 saturated heterocycles. The number of carbonyl (C=O) groups excluding carboxylic acids is 1. The first-order chi connectivity index (χ1) is 8.14. The van der Waals surface area contributed by atoms with Gasteiger partial charge in [-0.1, -0.05) is 13.8 Å². The number of amides is 1. The van der Waals surface area contributed by atoms with Crippen molar-refractivity contribution in [1.82, 2.24) is 10.6 Å². The van der Waals surface area contributed by atoms with Crippen LogP contribution in [-0.4, -0.2) is 37.3 Å². The van der Waals surface area contributed by atoms with Gasteiger partial charge in [0.2, 0.25) is 5.91 Å². The Hall–Kier alpha value is -0.610. The fraction of sp³-hybridized carbons (Fsp3) is 0.923. The lowest BCUT2D eigenvalue weighted by molar-refractivity contribution is -0.133. The van der Waals surface area contributed by atoms with E-state index in [0.29, 0.717) is 12.5 Å². The molecule has 1 heterocycles. The van der Waals surface area contributed by atoms with Gasteiger partial charge in [-0.2, -0.15) is 0 Å². The van der Waals surface area contributed by atoms with Gasteiger partial charge in [0.15, 0.2) is 0 Å². The molecule has 1 aliphatic heterocycles. The molecule has 0 spiro atoms. The molecule has 0 aliphatic carbocycles. The summed E-state index contributed by atoms with van der Waals surface area (Å²) in [5, 5.41) is 15.2. The van der Waals surface area contributed by atoms with Crippen LogP contribution in [0.4, 0.5) is 0 Å². The third kappa shape index (κ3) is 3.96. The first-order valence-corrected chi connectivity index (χ1v) is 6.74. The van der Waals surface area contributed by atoms with E-state index in [1.807, 2.05) is 0 Å². The Morgan fingerprint density at radius 2 is 2.12 bits per heavy atom. The van der Waals surface area contributed by atoms with Crippen LogP contribution >= 0.6 is 0 Å². The molecular formula is C13H26N2O2. The maximum Gasteiger partial charge on any atom is 0.226 e. The van der Waals surface area contributed by atoms with Gasteiger partial charge >= 0.3 is 0 Å². The summed E-state index contributed by atoms with van der Waals surface area (Å²) in [6.45, 7) is 6.90. The Bertz CT molecular complexity index is 238. The van der Waals surface area contributed by atoms with Gasteiger partial charge in [-0.25, -0.2) is 0 Å². The highest BCUT2D eigenvalue weighted by atomic mass is 16.3. The third-order valence-electron chi connectivity index (χ3n) is 3.95. The molecule has 0 radical (unpaired) electrons. The van der Waals surface area contributed by atoms with E-state index >= 15 is 0 Å². The summed E-state index contributed by atoms with van der Waals surface area (Å²) in [4.78, 5) is 12.3. The van der Waals surface area contributed by atoms with Crippen molar-refractivity contribution < 1.29 is 9.90 Å². The van der Waals surface area contributed by atoms with E-state index in [1.54, 1.807) is 0 Å². The number of aliphatic hydroxyl groups excluding tert-OH is 1. The predicted octanol–water partition coefficient (Wildman–Crippen LogP) is 0.901. The van der Waals surface area contributed by atoms with Gasteiger partial charge in [-0.05, 0) is 44.7 Å². The number of hydrogen-bond donors (Lipinski definition) is 3. The topological polar surface area (TPSA) is 61.4 Å². The monoisotopic (exact) mass is 242 g/mol. The fourth-order valence-corrected chi connectivity index (χ4v) is 2.42. The van der Waals surface area contributed by atoms with Crippen LogP contribution in [0.3, 0.4) is 0 Å². The van der Waals surface area contributed by atoms with Crippen LogP contribution in [0, 0.1) is 11.3 Å². The molecule has 1 amide bonds. The molecule has 1 rings (SSSR count).